The number of anilines is 3. The van der Waals surface area contributed by atoms with Crippen molar-refractivity contribution in [1.29, 1.82) is 0 Å². The second kappa shape index (κ2) is 9.60. The van der Waals surface area contributed by atoms with Crippen molar-refractivity contribution in [2.75, 3.05) is 41.8 Å². The number of halogens is 3. The van der Waals surface area contributed by atoms with Crippen LogP contribution in [0.5, 0.6) is 0 Å². The van der Waals surface area contributed by atoms with Gasteiger partial charge in [-0.05, 0) is 55.0 Å². The van der Waals surface area contributed by atoms with E-state index in [1.807, 2.05) is 4.90 Å². The molecule has 1 saturated heterocycles. The third kappa shape index (κ3) is 5.23. The highest BCUT2D eigenvalue weighted by Crippen LogP contribution is 2.36. The van der Waals surface area contributed by atoms with Gasteiger partial charge < -0.3 is 24.7 Å². The first-order valence-corrected chi connectivity index (χ1v) is 10.5. The Morgan fingerprint density at radius 3 is 2.35 bits per heavy atom. The zero-order chi connectivity index (χ0) is 24.3. The van der Waals surface area contributed by atoms with Crippen molar-refractivity contribution in [3.8, 4) is 0 Å². The summed E-state index contributed by atoms with van der Waals surface area (Å²) < 4.78 is 50.4. The first-order valence-electron chi connectivity index (χ1n) is 10.5. The molecule has 2 aromatic carbocycles. The molecule has 10 heteroatoms. The molecule has 0 saturated carbocycles. The summed E-state index contributed by atoms with van der Waals surface area (Å²) in [5.41, 5.74) is 0.906. The minimum absolute atomic E-state index is 0.0449. The maximum Gasteiger partial charge on any atom is 0.416 e. The molecule has 1 aliphatic rings. The molecule has 178 valence electrons. The van der Waals surface area contributed by atoms with E-state index >= 15 is 0 Å². The second-order valence-electron chi connectivity index (χ2n) is 7.74. The quantitative estimate of drug-likeness (QED) is 0.548. The number of nitrogens with one attached hydrogen (secondary N) is 2. The number of aryl methyl sites for hydroxylation is 1. The molecule has 1 fully saturated rings. The number of hydrogen-bond acceptors (Lipinski definition) is 5. The molecule has 4 rings (SSSR count). The summed E-state index contributed by atoms with van der Waals surface area (Å²) >= 11 is 0. The Hall–Kier alpha value is -3.79. The molecule has 0 atom stereocenters. The number of morpholine rings is 1. The van der Waals surface area contributed by atoms with Crippen LogP contribution >= 0.6 is 0 Å². The molecule has 0 spiro atoms. The molecule has 7 nitrogen and oxygen atoms in total. The Balaban J connectivity index is 1.60. The van der Waals surface area contributed by atoms with E-state index in [-0.39, 0.29) is 17.0 Å². The lowest BCUT2D eigenvalue weighted by atomic mass is 10.1. The summed E-state index contributed by atoms with van der Waals surface area (Å²) in [6, 6.07) is 11.0. The molecule has 2 amide bonds. The van der Waals surface area contributed by atoms with Gasteiger partial charge in [0.25, 0.3) is 11.8 Å². The number of furan rings is 1. The summed E-state index contributed by atoms with van der Waals surface area (Å²) in [6.07, 6.45) is -3.19. The number of amides is 2. The average molecular weight is 473 g/mol. The third-order valence-electron chi connectivity index (χ3n) is 5.42. The molecule has 0 radical (unpaired) electrons. The Morgan fingerprint density at radius 1 is 0.941 bits per heavy atom. The van der Waals surface area contributed by atoms with Gasteiger partial charge in [-0.3, -0.25) is 9.59 Å². The maximum absolute atomic E-state index is 13.3. The van der Waals surface area contributed by atoms with Gasteiger partial charge in [-0.25, -0.2) is 0 Å². The Labute approximate surface area is 193 Å². The fourth-order valence-corrected chi connectivity index (χ4v) is 3.58. The summed E-state index contributed by atoms with van der Waals surface area (Å²) in [5, 5.41) is 5.29. The van der Waals surface area contributed by atoms with E-state index in [0.717, 1.165) is 12.1 Å². The van der Waals surface area contributed by atoms with Crippen LogP contribution in [0.3, 0.4) is 0 Å². The van der Waals surface area contributed by atoms with Gasteiger partial charge in [-0.1, -0.05) is 6.07 Å². The molecule has 34 heavy (non-hydrogen) atoms. The van der Waals surface area contributed by atoms with Crippen molar-refractivity contribution < 1.29 is 31.9 Å². The summed E-state index contributed by atoms with van der Waals surface area (Å²) in [5.74, 6) is -0.992. The largest absolute Gasteiger partial charge is 0.459 e. The fraction of sp³-hybridized carbons (Fsp3) is 0.250. The molecule has 2 N–H and O–H groups in total. The van der Waals surface area contributed by atoms with Crippen molar-refractivity contribution in [2.24, 2.45) is 0 Å². The lowest BCUT2D eigenvalue weighted by Gasteiger charge is -2.31. The smallest absolute Gasteiger partial charge is 0.416 e. The van der Waals surface area contributed by atoms with Crippen LogP contribution in [-0.4, -0.2) is 38.1 Å². The molecule has 1 aliphatic heterocycles. The second-order valence-corrected chi connectivity index (χ2v) is 7.74. The minimum atomic E-state index is -4.56. The average Bonchev–Trinajstić information content (AvgIpc) is 3.35. The van der Waals surface area contributed by atoms with Gasteiger partial charge in [0.05, 0.1) is 36.4 Å². The van der Waals surface area contributed by atoms with Crippen LogP contribution in [-0.2, 0) is 10.9 Å². The lowest BCUT2D eigenvalue weighted by molar-refractivity contribution is -0.137. The van der Waals surface area contributed by atoms with Gasteiger partial charge in [0.2, 0.25) is 0 Å². The number of hydrogen-bond donors (Lipinski definition) is 2. The number of carbonyl (C=O) groups is 2. The van der Waals surface area contributed by atoms with Crippen LogP contribution in [0.4, 0.5) is 30.2 Å². The highest BCUT2D eigenvalue weighted by molar-refractivity contribution is 6.08. The minimum Gasteiger partial charge on any atom is -0.459 e. The molecule has 0 bridgehead atoms. The first kappa shape index (κ1) is 23.4. The summed E-state index contributed by atoms with van der Waals surface area (Å²) in [7, 11) is 0. The Morgan fingerprint density at radius 2 is 1.68 bits per heavy atom. The van der Waals surface area contributed by atoms with Crippen molar-refractivity contribution in [3.05, 3.63) is 77.2 Å². The normalized spacial score (nSPS) is 14.1. The summed E-state index contributed by atoms with van der Waals surface area (Å²) in [4.78, 5) is 27.2. The standard InChI is InChI=1S/C24H22F3N3O4/c1-15-4-5-16(13-18(15)28-23(32)21-3-2-10-34-21)22(31)29-19-14-17(24(25,26)27)6-7-20(19)30-8-11-33-12-9-30/h2-7,10,13-14H,8-9,11-12H2,1H3,(H,28,32)(H,29,31). The predicted molar refractivity (Wildman–Crippen MR) is 120 cm³/mol. The van der Waals surface area contributed by atoms with Crippen LogP contribution in [0.2, 0.25) is 0 Å². The zero-order valence-corrected chi connectivity index (χ0v) is 18.2. The molecular weight excluding hydrogens is 451 g/mol. The summed E-state index contributed by atoms with van der Waals surface area (Å²) in [6.45, 7) is 3.60. The molecular formula is C24H22F3N3O4. The molecule has 0 aliphatic carbocycles. The van der Waals surface area contributed by atoms with E-state index in [1.54, 1.807) is 19.1 Å². The molecule has 0 unspecified atom stereocenters. The molecule has 2 heterocycles. The van der Waals surface area contributed by atoms with E-state index in [4.69, 9.17) is 9.15 Å². The number of benzene rings is 2. The topological polar surface area (TPSA) is 83.8 Å². The van der Waals surface area contributed by atoms with Gasteiger partial charge >= 0.3 is 6.18 Å². The van der Waals surface area contributed by atoms with Crippen LogP contribution in [0.15, 0.2) is 59.2 Å². The van der Waals surface area contributed by atoms with Crippen molar-refractivity contribution >= 4 is 28.9 Å². The number of nitrogens with zero attached hydrogens (tertiary/aromatic N) is 1. The van der Waals surface area contributed by atoms with E-state index in [2.05, 4.69) is 10.6 Å². The van der Waals surface area contributed by atoms with Gasteiger partial charge in [-0.15, -0.1) is 0 Å². The van der Waals surface area contributed by atoms with Gasteiger partial charge in [-0.2, -0.15) is 13.2 Å². The van der Waals surface area contributed by atoms with Crippen molar-refractivity contribution in [1.82, 2.24) is 0 Å². The maximum atomic E-state index is 13.3. The van der Waals surface area contributed by atoms with Crippen LogP contribution < -0.4 is 15.5 Å². The number of rotatable bonds is 5. The third-order valence-corrected chi connectivity index (χ3v) is 5.42. The lowest BCUT2D eigenvalue weighted by Crippen LogP contribution is -2.36. The van der Waals surface area contributed by atoms with E-state index in [1.165, 1.54) is 30.5 Å². The van der Waals surface area contributed by atoms with Crippen LogP contribution in [0.1, 0.15) is 32.0 Å². The van der Waals surface area contributed by atoms with E-state index < -0.39 is 23.6 Å². The SMILES string of the molecule is Cc1ccc(C(=O)Nc2cc(C(F)(F)F)ccc2N2CCOCC2)cc1NC(=O)c1ccco1. The van der Waals surface area contributed by atoms with Crippen LogP contribution in [0.25, 0.3) is 0 Å². The van der Waals surface area contributed by atoms with Gasteiger partial charge in [0.15, 0.2) is 5.76 Å². The first-order chi connectivity index (χ1) is 16.2. The number of carbonyl (C=O) groups excluding carboxylic acids is 2. The monoisotopic (exact) mass is 473 g/mol. The molecule has 1 aromatic heterocycles. The van der Waals surface area contributed by atoms with Crippen molar-refractivity contribution in [2.45, 2.75) is 13.1 Å². The molecule has 3 aromatic rings. The highest BCUT2D eigenvalue weighted by atomic mass is 19.4. The van der Waals surface area contributed by atoms with Crippen molar-refractivity contribution in [3.63, 3.8) is 0 Å². The van der Waals surface area contributed by atoms with E-state index in [9.17, 15) is 22.8 Å². The zero-order valence-electron chi connectivity index (χ0n) is 18.2. The van der Waals surface area contributed by atoms with E-state index in [0.29, 0.717) is 43.2 Å². The Bertz CT molecular complexity index is 1190. The highest BCUT2D eigenvalue weighted by Gasteiger charge is 2.32. The van der Waals surface area contributed by atoms with Gasteiger partial charge in [0.1, 0.15) is 0 Å². The predicted octanol–water partition coefficient (Wildman–Crippen LogP) is 4.95. The van der Waals surface area contributed by atoms with Crippen LogP contribution in [0, 0.1) is 6.92 Å². The fourth-order valence-electron chi connectivity index (χ4n) is 3.58. The number of alkyl halides is 3. The number of ether oxygens (including phenoxy) is 1. The Kier molecular flexibility index (Phi) is 6.60. The van der Waals surface area contributed by atoms with Gasteiger partial charge in [0, 0.05) is 24.3 Å².